The predicted molar refractivity (Wildman–Crippen MR) is 53.9 cm³/mol. The fourth-order valence-electron chi connectivity index (χ4n) is 1.80. The van der Waals surface area contributed by atoms with Crippen molar-refractivity contribution in [2.75, 3.05) is 18.1 Å². The average Bonchev–Trinajstić information content (AvgIpc) is 2.12. The van der Waals surface area contributed by atoms with Crippen molar-refractivity contribution in [1.82, 2.24) is 5.32 Å². The molecule has 100 valence electrons. The lowest BCUT2D eigenvalue weighted by molar-refractivity contribution is -0.135. The molecule has 0 radical (unpaired) electrons. The van der Waals surface area contributed by atoms with Crippen LogP contribution < -0.4 is 11.1 Å². The molecular formula is C8H13F3N2O3S. The normalized spacial score (nSPS) is 28.9. The first-order valence-electron chi connectivity index (χ1n) is 4.88. The van der Waals surface area contributed by atoms with Gasteiger partial charge in [-0.3, -0.25) is 10.1 Å². The first-order valence-corrected chi connectivity index (χ1v) is 6.71. The second-order valence-electron chi connectivity index (χ2n) is 4.11. The second-order valence-corrected chi connectivity index (χ2v) is 6.29. The first kappa shape index (κ1) is 14.2. The molecule has 0 aromatic heterocycles. The summed E-state index contributed by atoms with van der Waals surface area (Å²) >= 11 is 0. The lowest BCUT2D eigenvalue weighted by atomic mass is 9.94. The Balaban J connectivity index is 2.87. The number of nitrogens with one attached hydrogen (secondary N) is 1. The van der Waals surface area contributed by atoms with Crippen LogP contribution in [0.1, 0.15) is 12.8 Å². The highest BCUT2D eigenvalue weighted by Gasteiger charge is 2.45. The Kier molecular flexibility index (Phi) is 3.72. The summed E-state index contributed by atoms with van der Waals surface area (Å²) < 4.78 is 58.9. The number of nitrogens with two attached hydrogens (primary N) is 1. The highest BCUT2D eigenvalue weighted by molar-refractivity contribution is 7.91. The summed E-state index contributed by atoms with van der Waals surface area (Å²) in [6.07, 6.45) is -4.41. The van der Waals surface area contributed by atoms with Gasteiger partial charge in [-0.2, -0.15) is 13.2 Å². The highest BCUT2D eigenvalue weighted by atomic mass is 32.2. The smallest absolute Gasteiger partial charge is 0.368 e. The van der Waals surface area contributed by atoms with Gasteiger partial charge >= 0.3 is 6.18 Å². The number of carbonyl (C=O) groups excluding carboxylic acids is 1. The van der Waals surface area contributed by atoms with Crippen molar-refractivity contribution >= 4 is 15.7 Å². The van der Waals surface area contributed by atoms with Gasteiger partial charge in [0.15, 0.2) is 9.84 Å². The number of alkyl halides is 3. The SMILES string of the molecule is NC(=O)C1(NCC(F)(F)F)CCCS(=O)(=O)C1. The number of sulfone groups is 1. The lowest BCUT2D eigenvalue weighted by Crippen LogP contribution is -2.63. The monoisotopic (exact) mass is 274 g/mol. The van der Waals surface area contributed by atoms with E-state index >= 15 is 0 Å². The van der Waals surface area contributed by atoms with Crippen molar-refractivity contribution in [2.45, 2.75) is 24.6 Å². The molecule has 1 rings (SSSR count). The zero-order valence-corrected chi connectivity index (χ0v) is 9.70. The van der Waals surface area contributed by atoms with E-state index < -0.39 is 39.8 Å². The van der Waals surface area contributed by atoms with Crippen LogP contribution in [0.4, 0.5) is 13.2 Å². The number of carbonyl (C=O) groups is 1. The van der Waals surface area contributed by atoms with Crippen molar-refractivity contribution in [3.8, 4) is 0 Å². The maximum absolute atomic E-state index is 12.1. The molecule has 0 bridgehead atoms. The maximum atomic E-state index is 12.1. The molecule has 5 nitrogen and oxygen atoms in total. The predicted octanol–water partition coefficient (Wildman–Crippen LogP) is -0.429. The van der Waals surface area contributed by atoms with E-state index in [9.17, 15) is 26.4 Å². The molecule has 1 aliphatic heterocycles. The van der Waals surface area contributed by atoms with E-state index in [0.717, 1.165) is 0 Å². The molecule has 1 fully saturated rings. The molecule has 3 N–H and O–H groups in total. The summed E-state index contributed by atoms with van der Waals surface area (Å²) in [5, 5.41) is 1.95. The molecule has 9 heteroatoms. The minimum atomic E-state index is -4.52. The van der Waals surface area contributed by atoms with Gasteiger partial charge in [0.25, 0.3) is 0 Å². The lowest BCUT2D eigenvalue weighted by Gasteiger charge is -2.35. The molecule has 0 aliphatic carbocycles. The molecule has 1 aliphatic rings. The van der Waals surface area contributed by atoms with E-state index in [1.54, 1.807) is 0 Å². The van der Waals surface area contributed by atoms with Crippen LogP contribution in [0, 0.1) is 0 Å². The zero-order valence-electron chi connectivity index (χ0n) is 8.88. The van der Waals surface area contributed by atoms with E-state index in [1.807, 2.05) is 5.32 Å². The summed E-state index contributed by atoms with van der Waals surface area (Å²) in [7, 11) is -3.53. The molecule has 0 spiro atoms. The molecule has 0 aromatic rings. The Morgan fingerprint density at radius 2 is 2.00 bits per heavy atom. The summed E-state index contributed by atoms with van der Waals surface area (Å²) in [6, 6.07) is 0. The Hall–Kier alpha value is -0.830. The average molecular weight is 274 g/mol. The van der Waals surface area contributed by atoms with Gasteiger partial charge in [0, 0.05) is 0 Å². The van der Waals surface area contributed by atoms with E-state index in [-0.39, 0.29) is 18.6 Å². The largest absolute Gasteiger partial charge is 0.401 e. The fraction of sp³-hybridized carbons (Fsp3) is 0.875. The molecular weight excluding hydrogens is 261 g/mol. The molecule has 0 saturated carbocycles. The van der Waals surface area contributed by atoms with Gasteiger partial charge in [0.05, 0.1) is 18.1 Å². The topological polar surface area (TPSA) is 89.3 Å². The third kappa shape index (κ3) is 3.84. The zero-order chi connectivity index (χ0) is 13.3. The Morgan fingerprint density at radius 3 is 2.41 bits per heavy atom. The van der Waals surface area contributed by atoms with Crippen LogP contribution >= 0.6 is 0 Å². The highest BCUT2D eigenvalue weighted by Crippen LogP contribution is 2.24. The van der Waals surface area contributed by atoms with E-state index in [4.69, 9.17) is 5.73 Å². The number of primary amides is 1. The fourth-order valence-corrected chi connectivity index (χ4v) is 3.67. The van der Waals surface area contributed by atoms with Gasteiger partial charge in [0.2, 0.25) is 5.91 Å². The van der Waals surface area contributed by atoms with Crippen molar-refractivity contribution in [3.05, 3.63) is 0 Å². The van der Waals surface area contributed by atoms with E-state index in [1.165, 1.54) is 0 Å². The molecule has 1 amide bonds. The first-order chi connectivity index (χ1) is 7.56. The quantitative estimate of drug-likeness (QED) is 0.731. The number of hydrogen-bond acceptors (Lipinski definition) is 4. The van der Waals surface area contributed by atoms with E-state index in [0.29, 0.717) is 0 Å². The number of halogens is 3. The molecule has 17 heavy (non-hydrogen) atoms. The van der Waals surface area contributed by atoms with Gasteiger partial charge in [-0.05, 0) is 12.8 Å². The Morgan fingerprint density at radius 1 is 1.41 bits per heavy atom. The Bertz CT molecular complexity index is 407. The third-order valence-electron chi connectivity index (χ3n) is 2.62. The van der Waals surface area contributed by atoms with Crippen LogP contribution in [0.5, 0.6) is 0 Å². The minimum Gasteiger partial charge on any atom is -0.368 e. The number of rotatable bonds is 3. The molecule has 1 heterocycles. The van der Waals surface area contributed by atoms with Crippen molar-refractivity contribution in [1.29, 1.82) is 0 Å². The maximum Gasteiger partial charge on any atom is 0.401 e. The van der Waals surface area contributed by atoms with Crippen LogP contribution in [0.25, 0.3) is 0 Å². The van der Waals surface area contributed by atoms with Gasteiger partial charge in [-0.1, -0.05) is 0 Å². The van der Waals surface area contributed by atoms with Crippen molar-refractivity contribution in [3.63, 3.8) is 0 Å². The molecule has 1 unspecified atom stereocenters. The molecule has 1 atom stereocenters. The minimum absolute atomic E-state index is 0.00234. The van der Waals surface area contributed by atoms with Gasteiger partial charge in [-0.25, -0.2) is 8.42 Å². The third-order valence-corrected chi connectivity index (χ3v) is 4.47. The summed E-state index contributed by atoms with van der Waals surface area (Å²) in [4.78, 5) is 11.2. The van der Waals surface area contributed by atoms with Crippen LogP contribution in [0.2, 0.25) is 0 Å². The van der Waals surface area contributed by atoms with Crippen LogP contribution in [-0.4, -0.2) is 44.1 Å². The van der Waals surface area contributed by atoms with Crippen LogP contribution in [0.15, 0.2) is 0 Å². The summed E-state index contributed by atoms with van der Waals surface area (Å²) in [5.41, 5.74) is 3.22. The van der Waals surface area contributed by atoms with Crippen LogP contribution in [-0.2, 0) is 14.6 Å². The second kappa shape index (κ2) is 4.45. The molecule has 0 aromatic carbocycles. The molecule has 1 saturated heterocycles. The summed E-state index contributed by atoms with van der Waals surface area (Å²) in [6.45, 7) is -1.44. The van der Waals surface area contributed by atoms with Gasteiger partial charge in [-0.15, -0.1) is 0 Å². The number of hydrogen-bond donors (Lipinski definition) is 2. The number of amides is 1. The van der Waals surface area contributed by atoms with E-state index in [2.05, 4.69) is 0 Å². The van der Waals surface area contributed by atoms with Gasteiger partial charge in [0.1, 0.15) is 5.54 Å². The van der Waals surface area contributed by atoms with Crippen molar-refractivity contribution in [2.24, 2.45) is 5.73 Å². The standard InChI is InChI=1S/C8H13F3N2O3S/c9-8(10,11)4-13-7(6(12)14)2-1-3-17(15,16)5-7/h13H,1-5H2,(H2,12,14). The Labute approximate surface area is 96.5 Å². The van der Waals surface area contributed by atoms with Gasteiger partial charge < -0.3 is 5.73 Å². The van der Waals surface area contributed by atoms with Crippen molar-refractivity contribution < 1.29 is 26.4 Å². The summed E-state index contributed by atoms with van der Waals surface area (Å²) in [5.74, 6) is -1.87. The van der Waals surface area contributed by atoms with Crippen LogP contribution in [0.3, 0.4) is 0 Å².